The van der Waals surface area contributed by atoms with Crippen molar-refractivity contribution < 1.29 is 9.59 Å². The maximum absolute atomic E-state index is 11.7. The van der Waals surface area contributed by atoms with Gasteiger partial charge in [0.25, 0.3) is 0 Å². The molecule has 0 bridgehead atoms. The van der Waals surface area contributed by atoms with E-state index in [1.54, 1.807) is 11.8 Å². The first-order chi connectivity index (χ1) is 8.06. The predicted octanol–water partition coefficient (Wildman–Crippen LogP) is 1.93. The summed E-state index contributed by atoms with van der Waals surface area (Å²) < 4.78 is 0. The molecule has 1 aliphatic heterocycles. The quantitative estimate of drug-likeness (QED) is 0.797. The topological polar surface area (TPSA) is 37.4 Å². The van der Waals surface area contributed by atoms with Crippen molar-refractivity contribution in [1.29, 1.82) is 0 Å². The first-order valence-electron chi connectivity index (χ1n) is 5.90. The van der Waals surface area contributed by atoms with Crippen LogP contribution in [0, 0.1) is 12.8 Å². The van der Waals surface area contributed by atoms with Gasteiger partial charge in [-0.05, 0) is 19.4 Å². The number of benzene rings is 1. The van der Waals surface area contributed by atoms with Crippen molar-refractivity contribution in [3.05, 3.63) is 35.4 Å². The Morgan fingerprint density at radius 2 is 2.00 bits per heavy atom. The van der Waals surface area contributed by atoms with E-state index in [9.17, 15) is 9.59 Å². The Morgan fingerprint density at radius 1 is 1.35 bits per heavy atom. The van der Waals surface area contributed by atoms with Crippen molar-refractivity contribution in [1.82, 2.24) is 4.90 Å². The highest BCUT2D eigenvalue weighted by atomic mass is 16.2. The molecule has 90 valence electrons. The van der Waals surface area contributed by atoms with E-state index in [1.165, 1.54) is 5.56 Å². The number of likely N-dealkylation sites (tertiary alicyclic amines) is 1. The molecular formula is C14H17NO2. The zero-order valence-electron chi connectivity index (χ0n) is 10.3. The lowest BCUT2D eigenvalue weighted by Crippen LogP contribution is -2.25. The Balaban J connectivity index is 2.02. The molecule has 1 heterocycles. The number of carbonyl (C=O) groups excluding carboxylic acids is 2. The molecule has 0 radical (unpaired) electrons. The fourth-order valence-electron chi connectivity index (χ4n) is 2.11. The van der Waals surface area contributed by atoms with E-state index in [1.807, 2.05) is 31.2 Å². The third-order valence-corrected chi connectivity index (χ3v) is 3.28. The summed E-state index contributed by atoms with van der Waals surface area (Å²) in [6, 6.07) is 8.14. The second kappa shape index (κ2) is 4.70. The third kappa shape index (κ3) is 2.73. The van der Waals surface area contributed by atoms with Gasteiger partial charge in [0.1, 0.15) is 5.78 Å². The minimum Gasteiger partial charge on any atom is -0.338 e. The molecule has 0 N–H and O–H groups in total. The number of Topliss-reactive ketones (excluding diaryl/α,β-unsaturated/α-hetero) is 1. The van der Waals surface area contributed by atoms with Crippen LogP contribution < -0.4 is 0 Å². The average Bonchev–Trinajstić information content (AvgIpc) is 2.64. The van der Waals surface area contributed by atoms with Crippen LogP contribution in [0.5, 0.6) is 0 Å². The van der Waals surface area contributed by atoms with Crippen LogP contribution in [0.2, 0.25) is 0 Å². The molecule has 1 aromatic rings. The maximum Gasteiger partial charge on any atom is 0.223 e. The first kappa shape index (κ1) is 11.8. The van der Waals surface area contributed by atoms with E-state index in [2.05, 4.69) is 0 Å². The van der Waals surface area contributed by atoms with Crippen LogP contribution >= 0.6 is 0 Å². The minimum atomic E-state index is -0.104. The van der Waals surface area contributed by atoms with E-state index in [0.717, 1.165) is 5.56 Å². The van der Waals surface area contributed by atoms with Crippen molar-refractivity contribution in [2.75, 3.05) is 6.54 Å². The molecule has 0 aromatic heterocycles. The van der Waals surface area contributed by atoms with Gasteiger partial charge < -0.3 is 4.90 Å². The zero-order valence-corrected chi connectivity index (χ0v) is 10.3. The summed E-state index contributed by atoms with van der Waals surface area (Å²) in [5.41, 5.74) is 2.33. The van der Waals surface area contributed by atoms with Gasteiger partial charge in [0.05, 0.1) is 0 Å². The number of nitrogens with zero attached hydrogens (tertiary/aromatic N) is 1. The standard InChI is InChI=1S/C14H17NO2/c1-10-3-5-12(6-4-10)8-15-9-13(11(2)16)7-14(15)17/h3-6,13H,7-9H2,1-2H3. The van der Waals surface area contributed by atoms with Gasteiger partial charge in [0.2, 0.25) is 5.91 Å². The highest BCUT2D eigenvalue weighted by molar-refractivity contribution is 5.89. The Hall–Kier alpha value is -1.64. The molecule has 0 aliphatic carbocycles. The molecule has 1 aromatic carbocycles. The summed E-state index contributed by atoms with van der Waals surface area (Å²) in [7, 11) is 0. The van der Waals surface area contributed by atoms with Crippen molar-refractivity contribution in [2.45, 2.75) is 26.8 Å². The summed E-state index contributed by atoms with van der Waals surface area (Å²) in [5, 5.41) is 0. The average molecular weight is 231 g/mol. The third-order valence-electron chi connectivity index (χ3n) is 3.28. The van der Waals surface area contributed by atoms with Crippen molar-refractivity contribution >= 4 is 11.7 Å². The zero-order chi connectivity index (χ0) is 12.4. The Labute approximate surface area is 101 Å². The second-order valence-corrected chi connectivity index (χ2v) is 4.77. The molecule has 1 unspecified atom stereocenters. The highest BCUT2D eigenvalue weighted by Gasteiger charge is 2.31. The molecule has 0 spiro atoms. The van der Waals surface area contributed by atoms with E-state index in [4.69, 9.17) is 0 Å². The number of hydrogen-bond donors (Lipinski definition) is 0. The van der Waals surface area contributed by atoms with Gasteiger partial charge in [-0.1, -0.05) is 29.8 Å². The molecule has 3 nitrogen and oxygen atoms in total. The van der Waals surface area contributed by atoms with Crippen LogP contribution in [0.1, 0.15) is 24.5 Å². The van der Waals surface area contributed by atoms with Crippen LogP contribution in [-0.4, -0.2) is 23.1 Å². The molecule has 2 rings (SSSR count). The summed E-state index contributed by atoms with van der Waals surface area (Å²) in [6.07, 6.45) is 0.376. The largest absolute Gasteiger partial charge is 0.338 e. The number of ketones is 1. The normalized spacial score (nSPS) is 19.8. The lowest BCUT2D eigenvalue weighted by Gasteiger charge is -2.16. The molecule has 1 fully saturated rings. The lowest BCUT2D eigenvalue weighted by atomic mass is 10.1. The van der Waals surface area contributed by atoms with Crippen molar-refractivity contribution in [3.63, 3.8) is 0 Å². The molecule has 0 saturated carbocycles. The number of aryl methyl sites for hydroxylation is 1. The fourth-order valence-corrected chi connectivity index (χ4v) is 2.11. The Morgan fingerprint density at radius 3 is 2.53 bits per heavy atom. The van der Waals surface area contributed by atoms with Crippen molar-refractivity contribution in [2.24, 2.45) is 5.92 Å². The molecular weight excluding hydrogens is 214 g/mol. The molecule has 1 atom stereocenters. The second-order valence-electron chi connectivity index (χ2n) is 4.77. The van der Waals surface area contributed by atoms with Gasteiger partial charge in [-0.2, -0.15) is 0 Å². The fraction of sp³-hybridized carbons (Fsp3) is 0.429. The lowest BCUT2D eigenvalue weighted by molar-refractivity contribution is -0.128. The van der Waals surface area contributed by atoms with Gasteiger partial charge in [0, 0.05) is 25.4 Å². The van der Waals surface area contributed by atoms with Crippen molar-refractivity contribution in [3.8, 4) is 0 Å². The minimum absolute atomic E-state index is 0.0887. The van der Waals surface area contributed by atoms with Gasteiger partial charge >= 0.3 is 0 Å². The van der Waals surface area contributed by atoms with Gasteiger partial charge in [-0.25, -0.2) is 0 Å². The molecule has 3 heteroatoms. The van der Waals surface area contributed by atoms with Gasteiger partial charge in [-0.3, -0.25) is 9.59 Å². The molecule has 1 amide bonds. The molecule has 17 heavy (non-hydrogen) atoms. The molecule has 1 aliphatic rings. The number of rotatable bonds is 3. The van der Waals surface area contributed by atoms with E-state index in [-0.39, 0.29) is 17.6 Å². The Kier molecular flexibility index (Phi) is 3.27. The number of hydrogen-bond acceptors (Lipinski definition) is 2. The SMILES string of the molecule is CC(=O)C1CC(=O)N(Cc2ccc(C)cc2)C1. The summed E-state index contributed by atoms with van der Waals surface area (Å²) in [6.45, 7) is 4.79. The monoisotopic (exact) mass is 231 g/mol. The smallest absolute Gasteiger partial charge is 0.223 e. The van der Waals surface area contributed by atoms with Crippen LogP contribution in [0.25, 0.3) is 0 Å². The number of amides is 1. The van der Waals surface area contributed by atoms with Crippen LogP contribution in [0.15, 0.2) is 24.3 Å². The first-order valence-corrected chi connectivity index (χ1v) is 5.90. The Bertz CT molecular complexity index is 436. The van der Waals surface area contributed by atoms with E-state index < -0.39 is 0 Å². The number of carbonyl (C=O) groups is 2. The summed E-state index contributed by atoms with van der Waals surface area (Å²) in [5.74, 6) is 0.100. The van der Waals surface area contributed by atoms with Gasteiger partial charge in [0.15, 0.2) is 0 Å². The maximum atomic E-state index is 11.7. The predicted molar refractivity (Wildman–Crippen MR) is 65.4 cm³/mol. The van der Waals surface area contributed by atoms with E-state index in [0.29, 0.717) is 19.5 Å². The van der Waals surface area contributed by atoms with Crippen LogP contribution in [0.3, 0.4) is 0 Å². The van der Waals surface area contributed by atoms with Gasteiger partial charge in [-0.15, -0.1) is 0 Å². The van der Waals surface area contributed by atoms with Crippen LogP contribution in [-0.2, 0) is 16.1 Å². The van der Waals surface area contributed by atoms with Crippen LogP contribution in [0.4, 0.5) is 0 Å². The van der Waals surface area contributed by atoms with E-state index >= 15 is 0 Å². The summed E-state index contributed by atoms with van der Waals surface area (Å²) in [4.78, 5) is 24.8. The highest BCUT2D eigenvalue weighted by Crippen LogP contribution is 2.20. The summed E-state index contributed by atoms with van der Waals surface area (Å²) >= 11 is 0. The molecule has 1 saturated heterocycles.